The summed E-state index contributed by atoms with van der Waals surface area (Å²) < 4.78 is 34.2. The number of fused-ring (bicyclic) bond motifs is 1. The van der Waals surface area contributed by atoms with Crippen molar-refractivity contribution in [2.45, 2.75) is 24.7 Å². The Hall–Kier alpha value is -3.69. The lowest BCUT2D eigenvalue weighted by Gasteiger charge is -2.38. The number of aryl methyl sites for hydroxylation is 2. The minimum atomic E-state index is -3.90. The van der Waals surface area contributed by atoms with E-state index in [1.807, 2.05) is 35.2 Å². The van der Waals surface area contributed by atoms with Crippen molar-refractivity contribution in [3.8, 4) is 0 Å². The Morgan fingerprint density at radius 2 is 1.69 bits per heavy atom. The number of benzene rings is 3. The number of sulfonamides is 1. The molecule has 2 atom stereocenters. The molecule has 0 aliphatic carbocycles. The van der Waals surface area contributed by atoms with Crippen molar-refractivity contribution < 1.29 is 17.7 Å². The molecule has 2 saturated heterocycles. The number of carbonyl (C=O) groups excluding carboxylic acids is 1. The van der Waals surface area contributed by atoms with Crippen molar-refractivity contribution in [2.24, 2.45) is 5.92 Å². The molecule has 1 aromatic heterocycles. The van der Waals surface area contributed by atoms with Gasteiger partial charge in [0.15, 0.2) is 0 Å². The summed E-state index contributed by atoms with van der Waals surface area (Å²) in [5, 5.41) is 4.57. The lowest BCUT2D eigenvalue weighted by molar-refractivity contribution is -0.135. The van der Waals surface area contributed by atoms with Crippen LogP contribution in [0.5, 0.6) is 0 Å². The molecule has 8 nitrogen and oxygen atoms in total. The Bertz CT molecular complexity index is 1610. The van der Waals surface area contributed by atoms with Crippen LogP contribution < -0.4 is 4.90 Å². The highest BCUT2D eigenvalue weighted by Gasteiger charge is 2.45. The molecule has 0 spiro atoms. The van der Waals surface area contributed by atoms with E-state index in [1.54, 1.807) is 18.2 Å². The van der Waals surface area contributed by atoms with E-state index < -0.39 is 15.9 Å². The number of anilines is 1. The summed E-state index contributed by atoms with van der Waals surface area (Å²) >= 11 is 0. The van der Waals surface area contributed by atoms with Gasteiger partial charge in [0.25, 0.3) is 0 Å². The van der Waals surface area contributed by atoms with Crippen LogP contribution in [0.15, 0.2) is 82.4 Å². The Morgan fingerprint density at radius 1 is 0.923 bits per heavy atom. The average molecular weight is 545 g/mol. The summed E-state index contributed by atoms with van der Waals surface area (Å²) in [5.41, 5.74) is 4.94. The first kappa shape index (κ1) is 25.6. The minimum absolute atomic E-state index is 0.0156. The summed E-state index contributed by atoms with van der Waals surface area (Å²) in [6.07, 6.45) is 1.44. The number of nitrogens with zero attached hydrogens (tertiary/aromatic N) is 4. The SMILES string of the molecule is Cc1ccc(C)c(N2CCN(C(=O)[C@@H]3CN(S(=O)(=O)c4cccc5conc45)C[C@H]3c3ccccc3)CC2)c1. The molecule has 2 fully saturated rings. The minimum Gasteiger partial charge on any atom is -0.368 e. The van der Waals surface area contributed by atoms with Crippen molar-refractivity contribution in [3.05, 3.63) is 89.7 Å². The Kier molecular flexibility index (Phi) is 6.64. The zero-order valence-corrected chi connectivity index (χ0v) is 23.0. The molecule has 2 aliphatic heterocycles. The fraction of sp³-hybridized carbons (Fsp3) is 0.333. The first-order chi connectivity index (χ1) is 18.8. The van der Waals surface area contributed by atoms with Gasteiger partial charge in [0, 0.05) is 56.3 Å². The number of hydrogen-bond acceptors (Lipinski definition) is 6. The van der Waals surface area contributed by atoms with Gasteiger partial charge in [-0.15, -0.1) is 0 Å². The maximum absolute atomic E-state index is 14.0. The van der Waals surface area contributed by atoms with Crippen molar-refractivity contribution in [3.63, 3.8) is 0 Å². The van der Waals surface area contributed by atoms with Crippen LogP contribution in [0, 0.1) is 19.8 Å². The number of aromatic nitrogens is 1. The molecule has 202 valence electrons. The van der Waals surface area contributed by atoms with E-state index >= 15 is 0 Å². The largest absolute Gasteiger partial charge is 0.368 e. The number of carbonyl (C=O) groups is 1. The van der Waals surface area contributed by atoms with Gasteiger partial charge in [-0.3, -0.25) is 4.79 Å². The highest BCUT2D eigenvalue weighted by molar-refractivity contribution is 7.89. The standard InChI is InChI=1S/C30H32N4O4S/c1-21-11-12-22(2)27(17-21)32-13-15-33(16-14-32)30(35)26-19-34(18-25(26)23-7-4-3-5-8-23)39(36,37)28-10-6-9-24-20-38-31-29(24)28/h3-12,17,20,25-26H,13-16,18-19H2,1-2H3/t25-,26+/m0/s1. The van der Waals surface area contributed by atoms with Gasteiger partial charge in [0.05, 0.1) is 5.92 Å². The van der Waals surface area contributed by atoms with E-state index in [-0.39, 0.29) is 29.8 Å². The van der Waals surface area contributed by atoms with Crippen LogP contribution in [0.3, 0.4) is 0 Å². The van der Waals surface area contributed by atoms with Crippen molar-refractivity contribution in [1.82, 2.24) is 14.4 Å². The predicted molar refractivity (Wildman–Crippen MR) is 150 cm³/mol. The molecule has 9 heteroatoms. The molecule has 4 aromatic rings. The second-order valence-electron chi connectivity index (χ2n) is 10.6. The molecule has 3 aromatic carbocycles. The molecular weight excluding hydrogens is 512 g/mol. The number of piperazine rings is 1. The molecule has 6 rings (SSSR count). The second kappa shape index (κ2) is 10.1. The highest BCUT2D eigenvalue weighted by Crippen LogP contribution is 2.38. The highest BCUT2D eigenvalue weighted by atomic mass is 32.2. The van der Waals surface area contributed by atoms with Gasteiger partial charge in [-0.25, -0.2) is 8.42 Å². The van der Waals surface area contributed by atoms with Gasteiger partial charge in [0.2, 0.25) is 15.9 Å². The zero-order valence-electron chi connectivity index (χ0n) is 22.2. The van der Waals surface area contributed by atoms with Gasteiger partial charge in [0.1, 0.15) is 16.7 Å². The van der Waals surface area contributed by atoms with Crippen LogP contribution in [-0.4, -0.2) is 68.0 Å². The van der Waals surface area contributed by atoms with Crippen LogP contribution in [0.2, 0.25) is 0 Å². The van der Waals surface area contributed by atoms with E-state index in [0.29, 0.717) is 24.0 Å². The van der Waals surface area contributed by atoms with Crippen LogP contribution in [0.25, 0.3) is 10.9 Å². The first-order valence-corrected chi connectivity index (χ1v) is 14.8. The third kappa shape index (κ3) is 4.70. The van der Waals surface area contributed by atoms with Gasteiger partial charge in [-0.2, -0.15) is 4.31 Å². The predicted octanol–water partition coefficient (Wildman–Crippen LogP) is 4.20. The van der Waals surface area contributed by atoms with Crippen LogP contribution >= 0.6 is 0 Å². The summed E-state index contributed by atoms with van der Waals surface area (Å²) in [7, 11) is -3.90. The van der Waals surface area contributed by atoms with E-state index in [0.717, 1.165) is 18.7 Å². The Balaban J connectivity index is 1.25. The van der Waals surface area contributed by atoms with Gasteiger partial charge >= 0.3 is 0 Å². The number of hydrogen-bond donors (Lipinski definition) is 0. The third-order valence-electron chi connectivity index (χ3n) is 8.10. The van der Waals surface area contributed by atoms with Gasteiger partial charge in [-0.05, 0) is 48.7 Å². The normalized spacial score (nSPS) is 20.6. The number of rotatable bonds is 5. The fourth-order valence-electron chi connectivity index (χ4n) is 5.93. The van der Waals surface area contributed by atoms with Crippen molar-refractivity contribution in [2.75, 3.05) is 44.2 Å². The molecule has 3 heterocycles. The number of amides is 1. The monoisotopic (exact) mass is 544 g/mol. The lowest BCUT2D eigenvalue weighted by atomic mass is 9.88. The molecule has 0 saturated carbocycles. The quantitative estimate of drug-likeness (QED) is 0.374. The fourth-order valence-corrected chi connectivity index (χ4v) is 7.57. The summed E-state index contributed by atoms with van der Waals surface area (Å²) in [6.45, 7) is 7.28. The zero-order chi connectivity index (χ0) is 27.1. The summed E-state index contributed by atoms with van der Waals surface area (Å²) in [4.78, 5) is 18.3. The van der Waals surface area contributed by atoms with Crippen LogP contribution in [-0.2, 0) is 14.8 Å². The molecule has 0 unspecified atom stereocenters. The lowest BCUT2D eigenvalue weighted by Crippen LogP contribution is -2.51. The molecule has 0 radical (unpaired) electrons. The molecule has 1 amide bonds. The van der Waals surface area contributed by atoms with Crippen molar-refractivity contribution in [1.29, 1.82) is 0 Å². The maximum atomic E-state index is 14.0. The van der Waals surface area contributed by atoms with E-state index in [9.17, 15) is 13.2 Å². The topological polar surface area (TPSA) is 87.0 Å². The Morgan fingerprint density at radius 3 is 2.46 bits per heavy atom. The van der Waals surface area contributed by atoms with Gasteiger partial charge in [-0.1, -0.05) is 53.7 Å². The van der Waals surface area contributed by atoms with Crippen LogP contribution in [0.4, 0.5) is 5.69 Å². The molecule has 0 N–H and O–H groups in total. The average Bonchev–Trinajstić information content (AvgIpc) is 3.63. The third-order valence-corrected chi connectivity index (χ3v) is 9.96. The maximum Gasteiger partial charge on any atom is 0.245 e. The van der Waals surface area contributed by atoms with Crippen molar-refractivity contribution >= 4 is 32.5 Å². The second-order valence-corrected chi connectivity index (χ2v) is 12.5. The van der Waals surface area contributed by atoms with E-state index in [4.69, 9.17) is 4.52 Å². The molecule has 2 aliphatic rings. The van der Waals surface area contributed by atoms with Crippen LogP contribution in [0.1, 0.15) is 22.6 Å². The van der Waals surface area contributed by atoms with E-state index in [1.165, 1.54) is 27.4 Å². The molecule has 39 heavy (non-hydrogen) atoms. The first-order valence-electron chi connectivity index (χ1n) is 13.3. The van der Waals surface area contributed by atoms with E-state index in [2.05, 4.69) is 42.1 Å². The molecular formula is C30H32N4O4S. The van der Waals surface area contributed by atoms with Gasteiger partial charge < -0.3 is 14.3 Å². The Labute approximate surface area is 228 Å². The summed E-state index contributed by atoms with van der Waals surface area (Å²) in [6, 6.07) is 21.2. The molecule has 0 bridgehead atoms. The summed E-state index contributed by atoms with van der Waals surface area (Å²) in [5.74, 6) is -0.685. The smallest absolute Gasteiger partial charge is 0.245 e.